The van der Waals surface area contributed by atoms with Gasteiger partial charge in [0.05, 0.1) is 32.4 Å². The van der Waals surface area contributed by atoms with Crippen LogP contribution in [0.2, 0.25) is 0 Å². The maximum absolute atomic E-state index is 13.1. The lowest BCUT2D eigenvalue weighted by Gasteiger charge is -2.15. The predicted molar refractivity (Wildman–Crippen MR) is 117 cm³/mol. The first-order valence-electron chi connectivity index (χ1n) is 8.94. The van der Waals surface area contributed by atoms with Gasteiger partial charge in [0.1, 0.15) is 5.82 Å². The number of alkyl halides is 3. The number of imidazole rings is 1. The SMILES string of the molecule is Cn1cnc2ccc(Nc3ncc(Br)c(Nc4ccccc4S(=O)(=O)C(F)(F)F)n3)cc21. The van der Waals surface area contributed by atoms with Crippen molar-refractivity contribution in [2.45, 2.75) is 10.4 Å². The molecule has 0 amide bonds. The van der Waals surface area contributed by atoms with Crippen LogP contribution in [0.25, 0.3) is 11.0 Å². The molecule has 4 aromatic rings. The number of rotatable bonds is 5. The monoisotopic (exact) mass is 526 g/mol. The summed E-state index contributed by atoms with van der Waals surface area (Å²) >= 11 is 3.23. The van der Waals surface area contributed by atoms with E-state index < -0.39 is 20.2 Å². The summed E-state index contributed by atoms with van der Waals surface area (Å²) in [7, 11) is -3.71. The van der Waals surface area contributed by atoms with Gasteiger partial charge in [-0.25, -0.2) is 18.4 Å². The zero-order valence-corrected chi connectivity index (χ0v) is 18.6. The van der Waals surface area contributed by atoms with E-state index in [0.717, 1.165) is 17.1 Å². The summed E-state index contributed by atoms with van der Waals surface area (Å²) in [6.07, 6.45) is 3.07. The van der Waals surface area contributed by atoms with Crippen LogP contribution in [-0.4, -0.2) is 33.4 Å². The molecule has 0 radical (unpaired) electrons. The van der Waals surface area contributed by atoms with Gasteiger partial charge in [0, 0.05) is 18.9 Å². The molecule has 0 aliphatic carbocycles. The average Bonchev–Trinajstić information content (AvgIpc) is 3.10. The van der Waals surface area contributed by atoms with E-state index in [-0.39, 0.29) is 17.5 Å². The summed E-state index contributed by atoms with van der Waals surface area (Å²) in [4.78, 5) is 11.7. The molecule has 0 atom stereocenters. The molecular weight excluding hydrogens is 513 g/mol. The predicted octanol–water partition coefficient (Wildman–Crippen LogP) is 4.91. The largest absolute Gasteiger partial charge is 0.501 e. The van der Waals surface area contributed by atoms with Gasteiger partial charge >= 0.3 is 5.51 Å². The van der Waals surface area contributed by atoms with Crippen molar-refractivity contribution in [2.75, 3.05) is 10.6 Å². The van der Waals surface area contributed by atoms with Crippen molar-refractivity contribution in [2.24, 2.45) is 7.05 Å². The van der Waals surface area contributed by atoms with E-state index >= 15 is 0 Å². The fourth-order valence-corrected chi connectivity index (χ4v) is 4.11. The van der Waals surface area contributed by atoms with Gasteiger partial charge in [-0.15, -0.1) is 0 Å². The molecule has 0 spiro atoms. The molecule has 13 heteroatoms. The second-order valence-electron chi connectivity index (χ2n) is 6.64. The molecule has 2 aromatic heterocycles. The Morgan fingerprint density at radius 3 is 2.56 bits per heavy atom. The number of hydrogen-bond acceptors (Lipinski definition) is 7. The first-order valence-corrected chi connectivity index (χ1v) is 11.2. The number of sulfone groups is 1. The summed E-state index contributed by atoms with van der Waals surface area (Å²) < 4.78 is 65.3. The lowest BCUT2D eigenvalue weighted by atomic mass is 10.3. The van der Waals surface area contributed by atoms with Crippen molar-refractivity contribution in [3.8, 4) is 0 Å². The van der Waals surface area contributed by atoms with E-state index in [4.69, 9.17) is 0 Å². The van der Waals surface area contributed by atoms with Crippen LogP contribution in [0.1, 0.15) is 0 Å². The van der Waals surface area contributed by atoms with Crippen molar-refractivity contribution in [3.05, 3.63) is 59.5 Å². The highest BCUT2D eigenvalue weighted by Crippen LogP contribution is 2.36. The van der Waals surface area contributed by atoms with Crippen LogP contribution in [0.4, 0.5) is 36.3 Å². The minimum absolute atomic E-state index is 0.0777. The number of para-hydroxylation sites is 1. The van der Waals surface area contributed by atoms with Crippen LogP contribution in [0.3, 0.4) is 0 Å². The van der Waals surface area contributed by atoms with Crippen molar-refractivity contribution in [1.82, 2.24) is 19.5 Å². The number of anilines is 4. The van der Waals surface area contributed by atoms with Crippen molar-refractivity contribution >= 4 is 59.9 Å². The number of nitrogens with one attached hydrogen (secondary N) is 2. The maximum Gasteiger partial charge on any atom is 0.501 e. The molecule has 2 heterocycles. The van der Waals surface area contributed by atoms with Gasteiger partial charge in [-0.2, -0.15) is 18.2 Å². The molecule has 0 saturated carbocycles. The molecule has 0 fully saturated rings. The molecule has 2 aromatic carbocycles. The van der Waals surface area contributed by atoms with Crippen LogP contribution < -0.4 is 10.6 Å². The number of benzene rings is 2. The molecule has 8 nitrogen and oxygen atoms in total. The highest BCUT2D eigenvalue weighted by atomic mass is 79.9. The molecule has 0 aliphatic heterocycles. The fraction of sp³-hybridized carbons (Fsp3) is 0.105. The molecule has 4 rings (SSSR count). The topological polar surface area (TPSA) is 102 Å². The van der Waals surface area contributed by atoms with Gasteiger partial charge in [0.25, 0.3) is 9.84 Å². The Hall–Kier alpha value is -3.19. The average molecular weight is 527 g/mol. The van der Waals surface area contributed by atoms with Gasteiger partial charge in [-0.3, -0.25) is 0 Å². The molecule has 2 N–H and O–H groups in total. The lowest BCUT2D eigenvalue weighted by Crippen LogP contribution is -2.24. The first kappa shape index (κ1) is 22.0. The normalized spacial score (nSPS) is 12.2. The number of halogens is 4. The van der Waals surface area contributed by atoms with Crippen LogP contribution in [0.15, 0.2) is 64.4 Å². The second-order valence-corrected chi connectivity index (χ2v) is 9.41. The Bertz CT molecular complexity index is 1420. The van der Waals surface area contributed by atoms with Gasteiger partial charge in [0.15, 0.2) is 0 Å². The number of hydrogen-bond donors (Lipinski definition) is 2. The standard InChI is InChI=1S/C19H14BrF3N6O2S/c1-29-10-25-13-7-6-11(8-15(13)29)26-18-24-9-12(20)17(28-18)27-14-4-2-3-5-16(14)32(30,31)19(21,22)23/h2-10H,1H3,(H2,24,26,27,28). The number of aromatic nitrogens is 4. The fourth-order valence-electron chi connectivity index (χ4n) is 2.90. The Labute approximate surface area is 188 Å². The van der Waals surface area contributed by atoms with Gasteiger partial charge < -0.3 is 15.2 Å². The van der Waals surface area contributed by atoms with Gasteiger partial charge in [0.2, 0.25) is 5.95 Å². The number of aryl methyl sites for hydroxylation is 1. The summed E-state index contributed by atoms with van der Waals surface area (Å²) in [6.45, 7) is 0. The lowest BCUT2D eigenvalue weighted by molar-refractivity contribution is -0.0435. The number of nitrogens with zero attached hydrogens (tertiary/aromatic N) is 4. The second kappa shape index (κ2) is 8.06. The minimum Gasteiger partial charge on any atom is -0.338 e. The highest BCUT2D eigenvalue weighted by Gasteiger charge is 2.48. The summed E-state index contributed by atoms with van der Waals surface area (Å²) in [5.74, 6) is 0.224. The van der Waals surface area contributed by atoms with Gasteiger partial charge in [-0.05, 0) is 46.3 Å². The number of fused-ring (bicyclic) bond motifs is 1. The van der Waals surface area contributed by atoms with E-state index in [9.17, 15) is 21.6 Å². The summed E-state index contributed by atoms with van der Waals surface area (Å²) in [6, 6.07) is 10.1. The van der Waals surface area contributed by atoms with E-state index in [2.05, 4.69) is 41.5 Å². The third-order valence-corrected chi connectivity index (χ3v) is 6.58. The van der Waals surface area contributed by atoms with Crippen molar-refractivity contribution in [3.63, 3.8) is 0 Å². The summed E-state index contributed by atoms with van der Waals surface area (Å²) in [5.41, 5.74) is -3.37. The maximum atomic E-state index is 13.1. The molecule has 32 heavy (non-hydrogen) atoms. The molecule has 0 unspecified atom stereocenters. The third-order valence-electron chi connectivity index (χ3n) is 4.46. The van der Waals surface area contributed by atoms with Crippen LogP contribution in [0, 0.1) is 0 Å². The van der Waals surface area contributed by atoms with E-state index in [1.54, 1.807) is 12.4 Å². The van der Waals surface area contributed by atoms with Crippen LogP contribution >= 0.6 is 15.9 Å². The smallest absolute Gasteiger partial charge is 0.338 e. The van der Waals surface area contributed by atoms with Crippen LogP contribution in [0.5, 0.6) is 0 Å². The van der Waals surface area contributed by atoms with E-state index in [1.807, 2.05) is 23.7 Å². The zero-order valence-electron chi connectivity index (χ0n) is 16.2. The molecular formula is C19H14BrF3N6O2S. The third kappa shape index (κ3) is 4.12. The zero-order chi connectivity index (χ0) is 23.1. The molecule has 0 saturated heterocycles. The summed E-state index contributed by atoms with van der Waals surface area (Å²) in [5, 5.41) is 5.66. The minimum atomic E-state index is -5.56. The van der Waals surface area contributed by atoms with Crippen molar-refractivity contribution < 1.29 is 21.6 Å². The Kier molecular flexibility index (Phi) is 5.54. The Morgan fingerprint density at radius 1 is 1.06 bits per heavy atom. The Balaban J connectivity index is 1.66. The molecule has 0 bridgehead atoms. The van der Waals surface area contributed by atoms with E-state index in [0.29, 0.717) is 10.2 Å². The molecule has 0 aliphatic rings. The highest BCUT2D eigenvalue weighted by molar-refractivity contribution is 9.10. The van der Waals surface area contributed by atoms with Gasteiger partial charge in [-0.1, -0.05) is 12.1 Å². The quantitative estimate of drug-likeness (QED) is 0.381. The van der Waals surface area contributed by atoms with Crippen LogP contribution in [-0.2, 0) is 16.9 Å². The Morgan fingerprint density at radius 2 is 1.81 bits per heavy atom. The first-order chi connectivity index (χ1) is 15.1. The van der Waals surface area contributed by atoms with E-state index in [1.165, 1.54) is 24.4 Å². The molecule has 166 valence electrons. The van der Waals surface area contributed by atoms with Crippen molar-refractivity contribution in [1.29, 1.82) is 0 Å².